The molecule has 6 heteroatoms. The van der Waals surface area contributed by atoms with Crippen molar-refractivity contribution in [3.8, 4) is 0 Å². The largest absolute Gasteiger partial charge is 0.303 e. The van der Waals surface area contributed by atoms with Crippen molar-refractivity contribution >= 4 is 21.2 Å². The van der Waals surface area contributed by atoms with Crippen LogP contribution in [0.5, 0.6) is 0 Å². The highest BCUT2D eigenvalue weighted by Gasteiger charge is 2.29. The zero-order valence-electron chi connectivity index (χ0n) is 11.2. The van der Waals surface area contributed by atoms with Gasteiger partial charge in [0.05, 0.1) is 10.6 Å². The molecule has 0 fully saturated rings. The van der Waals surface area contributed by atoms with Gasteiger partial charge in [-0.1, -0.05) is 18.2 Å². The Morgan fingerprint density at radius 2 is 2.20 bits per heavy atom. The van der Waals surface area contributed by atoms with Crippen LogP contribution < -0.4 is 5.32 Å². The van der Waals surface area contributed by atoms with Crippen molar-refractivity contribution in [3.05, 3.63) is 45.9 Å². The van der Waals surface area contributed by atoms with Gasteiger partial charge in [0.25, 0.3) is 0 Å². The van der Waals surface area contributed by atoms with Crippen molar-refractivity contribution in [1.82, 2.24) is 10.3 Å². The third-order valence-electron chi connectivity index (χ3n) is 3.47. The van der Waals surface area contributed by atoms with Crippen LogP contribution >= 0.6 is 11.3 Å². The van der Waals surface area contributed by atoms with Crippen LogP contribution in [-0.4, -0.2) is 19.2 Å². The number of rotatable bonds is 3. The van der Waals surface area contributed by atoms with Crippen molar-refractivity contribution in [1.29, 1.82) is 0 Å². The summed E-state index contributed by atoms with van der Waals surface area (Å²) < 4.78 is 24.1. The standard InChI is InChI=1S/C14H16N2O2S2/c1-10-8-16-14(19-10)9-15-12-6-7-20(17,18)13-5-3-2-4-11(12)13/h2-5,8,12,15H,6-7,9H2,1H3. The number of benzene rings is 1. The highest BCUT2D eigenvalue weighted by atomic mass is 32.2. The molecule has 2 heterocycles. The summed E-state index contributed by atoms with van der Waals surface area (Å²) in [5.74, 6) is 0.207. The lowest BCUT2D eigenvalue weighted by molar-refractivity contribution is 0.491. The Bertz CT molecular complexity index is 722. The van der Waals surface area contributed by atoms with E-state index < -0.39 is 9.84 Å². The van der Waals surface area contributed by atoms with E-state index >= 15 is 0 Å². The summed E-state index contributed by atoms with van der Waals surface area (Å²) in [7, 11) is -3.11. The molecule has 0 spiro atoms. The number of sulfone groups is 1. The molecule has 1 unspecified atom stereocenters. The smallest absolute Gasteiger partial charge is 0.178 e. The average Bonchev–Trinajstić information content (AvgIpc) is 2.84. The molecule has 3 rings (SSSR count). The lowest BCUT2D eigenvalue weighted by atomic mass is 10.0. The Hall–Kier alpha value is -1.24. The molecule has 1 atom stereocenters. The first kappa shape index (κ1) is 13.7. The van der Waals surface area contributed by atoms with E-state index in [0.717, 1.165) is 10.6 Å². The predicted octanol–water partition coefficient (Wildman–Crippen LogP) is 2.46. The van der Waals surface area contributed by atoms with E-state index in [9.17, 15) is 8.42 Å². The lowest BCUT2D eigenvalue weighted by Crippen LogP contribution is -2.29. The molecule has 4 nitrogen and oxygen atoms in total. The second-order valence-corrected chi connectivity index (χ2v) is 8.34. The topological polar surface area (TPSA) is 59.1 Å². The monoisotopic (exact) mass is 308 g/mol. The first-order chi connectivity index (χ1) is 9.56. The normalized spacial score (nSPS) is 20.6. The molecule has 0 saturated carbocycles. The van der Waals surface area contributed by atoms with E-state index in [4.69, 9.17) is 0 Å². The number of fused-ring (bicyclic) bond motifs is 1. The van der Waals surface area contributed by atoms with Crippen LogP contribution in [0.2, 0.25) is 0 Å². The van der Waals surface area contributed by atoms with Crippen molar-refractivity contribution in [3.63, 3.8) is 0 Å². The Morgan fingerprint density at radius 1 is 1.40 bits per heavy atom. The van der Waals surface area contributed by atoms with Crippen LogP contribution in [0.3, 0.4) is 0 Å². The number of aryl methyl sites for hydroxylation is 1. The van der Waals surface area contributed by atoms with Gasteiger partial charge in [-0.15, -0.1) is 11.3 Å². The molecule has 106 valence electrons. The van der Waals surface area contributed by atoms with Crippen LogP contribution in [0, 0.1) is 6.92 Å². The van der Waals surface area contributed by atoms with E-state index in [1.807, 2.05) is 25.3 Å². The summed E-state index contributed by atoms with van der Waals surface area (Å²) in [6.45, 7) is 2.71. The molecule has 0 aliphatic carbocycles. The average molecular weight is 308 g/mol. The number of nitrogens with one attached hydrogen (secondary N) is 1. The summed E-state index contributed by atoms with van der Waals surface area (Å²) in [6.07, 6.45) is 2.48. The second-order valence-electron chi connectivity index (χ2n) is 4.94. The molecule has 0 amide bonds. The molecule has 2 aromatic rings. The van der Waals surface area contributed by atoms with Crippen LogP contribution in [0.15, 0.2) is 35.4 Å². The molecule has 1 aromatic heterocycles. The molecule has 1 aliphatic heterocycles. The summed E-state index contributed by atoms with van der Waals surface area (Å²) >= 11 is 1.67. The van der Waals surface area contributed by atoms with Gasteiger partial charge in [-0.2, -0.15) is 0 Å². The molecular weight excluding hydrogens is 292 g/mol. The highest BCUT2D eigenvalue weighted by molar-refractivity contribution is 7.91. The molecule has 1 N–H and O–H groups in total. The molecule has 0 radical (unpaired) electrons. The van der Waals surface area contributed by atoms with Crippen molar-refractivity contribution < 1.29 is 8.42 Å². The zero-order valence-corrected chi connectivity index (χ0v) is 12.8. The Labute approximate surface area is 122 Å². The summed E-state index contributed by atoms with van der Waals surface area (Å²) in [5.41, 5.74) is 0.882. The summed E-state index contributed by atoms with van der Waals surface area (Å²) in [4.78, 5) is 5.98. The second kappa shape index (κ2) is 5.27. The van der Waals surface area contributed by atoms with Gasteiger partial charge in [0.15, 0.2) is 9.84 Å². The van der Waals surface area contributed by atoms with Gasteiger partial charge in [0, 0.05) is 23.7 Å². The van der Waals surface area contributed by atoms with Crippen LogP contribution in [0.25, 0.3) is 0 Å². The molecule has 0 saturated heterocycles. The first-order valence-corrected chi connectivity index (χ1v) is 8.99. The minimum atomic E-state index is -3.11. The quantitative estimate of drug-likeness (QED) is 0.946. The number of thiazole rings is 1. The van der Waals surface area contributed by atoms with Gasteiger partial charge in [-0.25, -0.2) is 13.4 Å². The maximum atomic E-state index is 12.1. The fourth-order valence-corrected chi connectivity index (χ4v) is 4.86. The van der Waals surface area contributed by atoms with Crippen LogP contribution in [0.4, 0.5) is 0 Å². The van der Waals surface area contributed by atoms with E-state index in [2.05, 4.69) is 10.3 Å². The fraction of sp³-hybridized carbons (Fsp3) is 0.357. The van der Waals surface area contributed by atoms with E-state index in [1.54, 1.807) is 23.5 Å². The van der Waals surface area contributed by atoms with Gasteiger partial charge in [0.1, 0.15) is 5.01 Å². The summed E-state index contributed by atoms with van der Waals surface area (Å²) in [5, 5.41) is 4.46. The van der Waals surface area contributed by atoms with Crippen molar-refractivity contribution in [2.24, 2.45) is 0 Å². The van der Waals surface area contributed by atoms with E-state index in [0.29, 0.717) is 17.9 Å². The molecule has 20 heavy (non-hydrogen) atoms. The third-order valence-corrected chi connectivity index (χ3v) is 6.20. The maximum absolute atomic E-state index is 12.1. The Morgan fingerprint density at radius 3 is 2.95 bits per heavy atom. The number of nitrogens with zero attached hydrogens (tertiary/aromatic N) is 1. The zero-order chi connectivity index (χ0) is 14.2. The molecule has 1 aliphatic rings. The molecular formula is C14H16N2O2S2. The van der Waals surface area contributed by atoms with Gasteiger partial charge in [-0.05, 0) is 25.0 Å². The highest BCUT2D eigenvalue weighted by Crippen LogP contribution is 2.32. The number of hydrogen-bond acceptors (Lipinski definition) is 5. The summed E-state index contributed by atoms with van der Waals surface area (Å²) in [6, 6.07) is 7.35. The van der Waals surface area contributed by atoms with E-state index in [1.165, 1.54) is 4.88 Å². The van der Waals surface area contributed by atoms with Crippen LogP contribution in [-0.2, 0) is 16.4 Å². The lowest BCUT2D eigenvalue weighted by Gasteiger charge is -2.26. The van der Waals surface area contributed by atoms with Gasteiger partial charge in [-0.3, -0.25) is 0 Å². The van der Waals surface area contributed by atoms with E-state index in [-0.39, 0.29) is 11.8 Å². The predicted molar refractivity (Wildman–Crippen MR) is 79.5 cm³/mol. The Kier molecular flexibility index (Phi) is 3.62. The van der Waals surface area contributed by atoms with Gasteiger partial charge in [0.2, 0.25) is 0 Å². The first-order valence-electron chi connectivity index (χ1n) is 6.52. The van der Waals surface area contributed by atoms with Crippen molar-refractivity contribution in [2.75, 3.05) is 5.75 Å². The van der Waals surface area contributed by atoms with Crippen molar-refractivity contribution in [2.45, 2.75) is 30.8 Å². The fourth-order valence-electron chi connectivity index (χ4n) is 2.50. The Balaban J connectivity index is 1.82. The maximum Gasteiger partial charge on any atom is 0.178 e. The van der Waals surface area contributed by atoms with Crippen LogP contribution in [0.1, 0.15) is 27.9 Å². The SMILES string of the molecule is Cc1cnc(CNC2CCS(=O)(=O)c3ccccc32)s1. The van der Waals surface area contributed by atoms with Gasteiger partial charge < -0.3 is 5.32 Å². The molecule has 0 bridgehead atoms. The minimum Gasteiger partial charge on any atom is -0.303 e. The molecule has 1 aromatic carbocycles. The third kappa shape index (κ3) is 2.63. The minimum absolute atomic E-state index is 0.0823. The van der Waals surface area contributed by atoms with Gasteiger partial charge >= 0.3 is 0 Å². The number of aromatic nitrogens is 1. The number of hydrogen-bond donors (Lipinski definition) is 1.